The minimum atomic E-state index is 0.595. The van der Waals surface area contributed by atoms with Crippen molar-refractivity contribution >= 4 is 7.62 Å². The molecule has 0 atom stereocenters. The molecule has 3 nitrogen and oxygen atoms in total. The Labute approximate surface area is 132 Å². The van der Waals surface area contributed by atoms with E-state index in [2.05, 4.69) is 5.23 Å². The summed E-state index contributed by atoms with van der Waals surface area (Å²) < 4.78 is 11.1. The molecule has 1 radical (unpaired) electrons. The Hall–Kier alpha value is -1.42. The molecule has 0 aliphatic rings. The molecule has 0 fully saturated rings. The second-order valence-electron chi connectivity index (χ2n) is 3.79. The summed E-state index contributed by atoms with van der Waals surface area (Å²) in [5, 5.41) is 2.84. The summed E-state index contributed by atoms with van der Waals surface area (Å²) >= 11 is 0. The Kier molecular flexibility index (Phi) is 15.6. The van der Waals surface area contributed by atoms with Gasteiger partial charge in [-0.25, -0.2) is 0 Å². The lowest BCUT2D eigenvalue weighted by Gasteiger charge is -2.13. The monoisotopic (exact) mass is 292 g/mol. The van der Waals surface area contributed by atoms with Crippen LogP contribution in [0, 0.1) is 13.8 Å². The van der Waals surface area contributed by atoms with Crippen molar-refractivity contribution in [2.45, 2.75) is 48.5 Å². The lowest BCUT2D eigenvalue weighted by molar-refractivity contribution is 0.361. The predicted molar refractivity (Wildman–Crippen MR) is 94.4 cm³/mol. The van der Waals surface area contributed by atoms with E-state index < -0.39 is 0 Å². The summed E-state index contributed by atoms with van der Waals surface area (Å²) in [6.07, 6.45) is 3.95. The van der Waals surface area contributed by atoms with Crippen molar-refractivity contribution in [1.29, 1.82) is 0 Å². The van der Waals surface area contributed by atoms with Crippen LogP contribution in [0.4, 0.5) is 0 Å². The van der Waals surface area contributed by atoms with Gasteiger partial charge in [-0.05, 0) is 51.1 Å². The maximum Gasteiger partial charge on any atom is 0.477 e. The second kappa shape index (κ2) is 15.0. The molecule has 0 aliphatic carbocycles. The topological polar surface area (TPSA) is 30.5 Å². The fraction of sp³-hybridized carbons (Fsp3) is 0.529. The summed E-state index contributed by atoms with van der Waals surface area (Å²) in [5.41, 5.74) is 2.12. The quantitative estimate of drug-likeness (QED) is 0.621. The van der Waals surface area contributed by atoms with Crippen LogP contribution in [0.1, 0.15) is 45.7 Å². The van der Waals surface area contributed by atoms with Crippen LogP contribution < -0.4 is 14.6 Å². The van der Waals surface area contributed by atoms with Gasteiger partial charge in [-0.1, -0.05) is 39.8 Å². The zero-order chi connectivity index (χ0) is 16.7. The van der Waals surface area contributed by atoms with Gasteiger partial charge in [0.15, 0.2) is 0 Å². The molecule has 1 N–H and O–H groups in total. The van der Waals surface area contributed by atoms with Crippen LogP contribution in [0.15, 0.2) is 24.3 Å². The molecule has 0 spiro atoms. The highest BCUT2D eigenvalue weighted by molar-refractivity contribution is 6.24. The Morgan fingerprint density at radius 3 is 2.05 bits per heavy atom. The molecule has 0 saturated carbocycles. The number of aryl methyl sites for hydroxylation is 2. The molecule has 0 bridgehead atoms. The van der Waals surface area contributed by atoms with E-state index in [0.29, 0.717) is 6.61 Å². The Bertz CT molecular complexity index is 369. The zero-order valence-electron chi connectivity index (χ0n) is 14.9. The van der Waals surface area contributed by atoms with Crippen molar-refractivity contribution in [3.63, 3.8) is 0 Å². The third kappa shape index (κ3) is 9.19. The van der Waals surface area contributed by atoms with E-state index in [1.807, 2.05) is 72.8 Å². The first-order valence-electron chi connectivity index (χ1n) is 7.69. The molecular weight excluding hydrogens is 261 g/mol. The molecule has 1 rings (SSSR count). The predicted octanol–water partition coefficient (Wildman–Crippen LogP) is 4.44. The molecule has 119 valence electrons. The Morgan fingerprint density at radius 1 is 1.10 bits per heavy atom. The summed E-state index contributed by atoms with van der Waals surface area (Å²) in [4.78, 5) is 0. The first kappa shape index (κ1) is 21.9. The molecule has 21 heavy (non-hydrogen) atoms. The second-order valence-corrected chi connectivity index (χ2v) is 3.79. The average Bonchev–Trinajstić information content (AvgIpc) is 2.51. The van der Waals surface area contributed by atoms with Gasteiger partial charge in [-0.3, -0.25) is 0 Å². The van der Waals surface area contributed by atoms with Crippen LogP contribution in [0.5, 0.6) is 11.5 Å². The minimum absolute atomic E-state index is 0.595. The van der Waals surface area contributed by atoms with Crippen LogP contribution in [-0.2, 0) is 0 Å². The molecule has 0 saturated heterocycles. The highest BCUT2D eigenvalue weighted by atomic mass is 16.5. The smallest absolute Gasteiger partial charge is 0.477 e. The molecule has 1 aromatic rings. The Balaban J connectivity index is 0. The number of rotatable bonds is 6. The van der Waals surface area contributed by atoms with Gasteiger partial charge in [-0.15, -0.1) is 0 Å². The Morgan fingerprint density at radius 2 is 1.62 bits per heavy atom. The van der Waals surface area contributed by atoms with Crippen LogP contribution in [0.25, 0.3) is 0 Å². The highest BCUT2D eigenvalue weighted by Crippen LogP contribution is 2.28. The van der Waals surface area contributed by atoms with E-state index in [1.54, 1.807) is 14.7 Å². The van der Waals surface area contributed by atoms with Crippen molar-refractivity contribution in [3.8, 4) is 11.5 Å². The molecule has 0 aromatic heterocycles. The van der Waals surface area contributed by atoms with Crippen molar-refractivity contribution in [2.24, 2.45) is 0 Å². The number of nitrogens with one attached hydrogen (secondary N) is 1. The lowest BCUT2D eigenvalue weighted by Crippen LogP contribution is -2.20. The molecule has 0 amide bonds. The normalized spacial score (nSPS) is 9.14. The van der Waals surface area contributed by atoms with Gasteiger partial charge < -0.3 is 14.6 Å². The van der Waals surface area contributed by atoms with Crippen molar-refractivity contribution in [3.05, 3.63) is 35.4 Å². The number of hydrogen-bond donors (Lipinski definition) is 1. The fourth-order valence-electron chi connectivity index (χ4n) is 1.54. The maximum absolute atomic E-state index is 5.60. The largest absolute Gasteiger partial charge is 0.548 e. The third-order valence-electron chi connectivity index (χ3n) is 2.31. The van der Waals surface area contributed by atoms with E-state index in [1.165, 1.54) is 0 Å². The summed E-state index contributed by atoms with van der Waals surface area (Å²) in [6.45, 7) is 14.6. The first-order chi connectivity index (χ1) is 10.2. The molecule has 0 unspecified atom stereocenters. The third-order valence-corrected chi connectivity index (χ3v) is 2.31. The van der Waals surface area contributed by atoms with E-state index >= 15 is 0 Å². The van der Waals surface area contributed by atoms with Gasteiger partial charge in [0.2, 0.25) is 0 Å². The maximum atomic E-state index is 5.60. The molecule has 0 aliphatic heterocycles. The van der Waals surface area contributed by atoms with Crippen LogP contribution in [-0.4, -0.2) is 21.3 Å². The van der Waals surface area contributed by atoms with E-state index in [0.717, 1.165) is 22.6 Å². The van der Waals surface area contributed by atoms with Gasteiger partial charge in [0.25, 0.3) is 0 Å². The zero-order valence-corrected chi connectivity index (χ0v) is 14.9. The number of benzene rings is 1. The summed E-state index contributed by atoms with van der Waals surface area (Å²) in [6, 6.07) is 3.96. The van der Waals surface area contributed by atoms with Gasteiger partial charge in [0.1, 0.15) is 18.1 Å². The lowest BCUT2D eigenvalue weighted by atomic mass is 10.1. The SMILES string of the molecule is C/C=C/COc1cc(C)c(O[B]NC)c(C)c1.CC.CC. The van der Waals surface area contributed by atoms with Crippen molar-refractivity contribution in [2.75, 3.05) is 13.7 Å². The van der Waals surface area contributed by atoms with Crippen molar-refractivity contribution in [1.82, 2.24) is 5.23 Å². The van der Waals surface area contributed by atoms with E-state index in [4.69, 9.17) is 9.39 Å². The number of hydrogen-bond acceptors (Lipinski definition) is 3. The van der Waals surface area contributed by atoms with Crippen LogP contribution in [0.3, 0.4) is 0 Å². The number of ether oxygens (including phenoxy) is 1. The summed E-state index contributed by atoms with van der Waals surface area (Å²) in [7, 11) is 3.37. The molecule has 4 heteroatoms. The van der Waals surface area contributed by atoms with Crippen LogP contribution >= 0.6 is 0 Å². The van der Waals surface area contributed by atoms with Gasteiger partial charge in [0.05, 0.1) is 0 Å². The average molecular weight is 292 g/mol. The highest BCUT2D eigenvalue weighted by Gasteiger charge is 2.07. The molecule has 1 aromatic carbocycles. The van der Waals surface area contributed by atoms with Gasteiger partial charge in [-0.2, -0.15) is 0 Å². The van der Waals surface area contributed by atoms with Crippen LogP contribution in [0.2, 0.25) is 0 Å². The van der Waals surface area contributed by atoms with E-state index in [-0.39, 0.29) is 0 Å². The minimum Gasteiger partial charge on any atom is -0.548 e. The van der Waals surface area contributed by atoms with Gasteiger partial charge in [0, 0.05) is 0 Å². The number of allylic oxidation sites excluding steroid dienone is 1. The van der Waals surface area contributed by atoms with E-state index in [9.17, 15) is 0 Å². The van der Waals surface area contributed by atoms with Gasteiger partial charge >= 0.3 is 7.62 Å². The molecule has 0 heterocycles. The van der Waals surface area contributed by atoms with Crippen molar-refractivity contribution < 1.29 is 9.39 Å². The fourth-order valence-corrected chi connectivity index (χ4v) is 1.54. The summed E-state index contributed by atoms with van der Waals surface area (Å²) in [5.74, 6) is 1.74. The standard InChI is InChI=1S/C13H19BNO2.2C2H6/c1-5-6-7-16-12-8-10(2)13(11(3)9-12)17-14-15-4;2*1-2/h5-6,8-9,15H,7H2,1-4H3;2*1-2H3/b6-5+;;. The molecular formula is C17H31BNO2. The first-order valence-corrected chi connectivity index (χ1v) is 7.69.